The topological polar surface area (TPSA) is 61.1 Å². The van der Waals surface area contributed by atoms with Crippen LogP contribution in [0, 0.1) is 4.78 Å². The molecule has 3 atom stereocenters. The van der Waals surface area contributed by atoms with Gasteiger partial charge in [-0.15, -0.1) is 0 Å². The first-order valence-electron chi connectivity index (χ1n) is 6.11. The third-order valence-corrected chi connectivity index (χ3v) is 5.20. The predicted molar refractivity (Wildman–Crippen MR) is 76.5 cm³/mol. The minimum absolute atomic E-state index is 0.0729. The summed E-state index contributed by atoms with van der Waals surface area (Å²) in [4.78, 5) is 0.0729. The highest BCUT2D eigenvalue weighted by Gasteiger charge is 2.41. The summed E-state index contributed by atoms with van der Waals surface area (Å²) >= 11 is 0. The van der Waals surface area contributed by atoms with Crippen molar-refractivity contribution in [1.82, 2.24) is 0 Å². The zero-order valence-corrected chi connectivity index (χ0v) is 11.8. The summed E-state index contributed by atoms with van der Waals surface area (Å²) in [6, 6.07) is 15.9. The van der Waals surface area contributed by atoms with Gasteiger partial charge in [0.1, 0.15) is 15.3 Å². The van der Waals surface area contributed by atoms with Crippen molar-refractivity contribution < 1.29 is 13.7 Å². The lowest BCUT2D eigenvalue weighted by Crippen LogP contribution is -2.38. The van der Waals surface area contributed by atoms with E-state index >= 15 is 0 Å². The normalized spacial score (nSPS) is 18.8. The van der Waals surface area contributed by atoms with Crippen LogP contribution in [0.4, 0.5) is 4.39 Å². The van der Waals surface area contributed by atoms with Crippen LogP contribution in [0.2, 0.25) is 0 Å². The molecule has 0 radical (unpaired) electrons. The van der Waals surface area contributed by atoms with Gasteiger partial charge in [-0.05, 0) is 24.6 Å². The van der Waals surface area contributed by atoms with E-state index in [0.29, 0.717) is 5.56 Å². The second kappa shape index (κ2) is 5.34. The maximum absolute atomic E-state index is 14.6. The smallest absolute Gasteiger partial charge is 0.219 e. The van der Waals surface area contributed by atoms with E-state index in [1.165, 1.54) is 19.1 Å². The summed E-state index contributed by atoms with van der Waals surface area (Å²) in [5, 5.41) is 10.4. The molecular weight excluding hydrogens is 277 g/mol. The number of hydrogen-bond donors (Lipinski definition) is 2. The number of halogens is 1. The number of rotatable bonds is 4. The molecule has 0 heterocycles. The Morgan fingerprint density at radius 3 is 2.05 bits per heavy atom. The van der Waals surface area contributed by atoms with Crippen molar-refractivity contribution in [3.63, 3.8) is 0 Å². The number of alkyl halides is 1. The van der Waals surface area contributed by atoms with Crippen LogP contribution < -0.4 is 0 Å². The molecule has 0 bridgehead atoms. The Balaban J connectivity index is 2.43. The molecule has 20 heavy (non-hydrogen) atoms. The Morgan fingerprint density at radius 2 is 1.55 bits per heavy atom. The van der Waals surface area contributed by atoms with Crippen LogP contribution >= 0.6 is 0 Å². The van der Waals surface area contributed by atoms with Gasteiger partial charge in [-0.1, -0.05) is 48.5 Å². The quantitative estimate of drug-likeness (QED) is 0.908. The van der Waals surface area contributed by atoms with E-state index in [4.69, 9.17) is 4.78 Å². The summed E-state index contributed by atoms with van der Waals surface area (Å²) in [6.07, 6.45) is 0. The van der Waals surface area contributed by atoms with Crippen LogP contribution in [-0.4, -0.2) is 14.8 Å². The maximum atomic E-state index is 14.6. The Kier molecular flexibility index (Phi) is 3.92. The van der Waals surface area contributed by atoms with Gasteiger partial charge >= 0.3 is 0 Å². The van der Waals surface area contributed by atoms with Gasteiger partial charge in [-0.2, -0.15) is 0 Å². The molecule has 0 fully saturated rings. The molecule has 2 rings (SSSR count). The molecule has 1 unspecified atom stereocenters. The van der Waals surface area contributed by atoms with Crippen LogP contribution in [-0.2, 0) is 15.3 Å². The average molecular weight is 293 g/mol. The van der Waals surface area contributed by atoms with Gasteiger partial charge in [-0.3, -0.25) is 0 Å². The fourth-order valence-electron chi connectivity index (χ4n) is 1.97. The van der Waals surface area contributed by atoms with Crippen molar-refractivity contribution in [2.45, 2.75) is 22.9 Å². The number of benzene rings is 2. The summed E-state index contributed by atoms with van der Waals surface area (Å²) in [6.45, 7) is 1.24. The molecule has 3 nitrogen and oxygen atoms in total. The molecule has 0 aromatic heterocycles. The minimum atomic E-state index is -3.76. The van der Waals surface area contributed by atoms with E-state index in [9.17, 15) is 13.7 Å². The van der Waals surface area contributed by atoms with Gasteiger partial charge in [0.15, 0.2) is 0 Å². The largest absolute Gasteiger partial charge is 0.381 e. The lowest BCUT2D eigenvalue weighted by Gasteiger charge is -2.29. The monoisotopic (exact) mass is 293 g/mol. The first kappa shape index (κ1) is 14.7. The molecule has 0 aliphatic rings. The van der Waals surface area contributed by atoms with Crippen molar-refractivity contribution in [1.29, 1.82) is 4.78 Å². The third-order valence-electron chi connectivity index (χ3n) is 3.18. The van der Waals surface area contributed by atoms with Crippen LogP contribution in [0.25, 0.3) is 0 Å². The highest BCUT2D eigenvalue weighted by molar-refractivity contribution is 7.93. The van der Waals surface area contributed by atoms with Crippen LogP contribution in [0.5, 0.6) is 0 Å². The van der Waals surface area contributed by atoms with E-state index < -0.39 is 20.8 Å². The number of hydrogen-bond acceptors (Lipinski definition) is 3. The summed E-state index contributed by atoms with van der Waals surface area (Å²) in [7, 11) is -3.76. The van der Waals surface area contributed by atoms with Gasteiger partial charge in [0.05, 0.1) is 4.90 Å². The zero-order valence-electron chi connectivity index (χ0n) is 11.0. The lowest BCUT2D eigenvalue weighted by atomic mass is 9.98. The minimum Gasteiger partial charge on any atom is -0.381 e. The maximum Gasteiger partial charge on any atom is 0.219 e. The van der Waals surface area contributed by atoms with Crippen molar-refractivity contribution in [2.24, 2.45) is 0 Å². The van der Waals surface area contributed by atoms with E-state index in [2.05, 4.69) is 0 Å². The molecule has 2 N–H and O–H groups in total. The number of aliphatic hydroxyl groups is 1. The SMILES string of the molecule is C[C@](O)(c1ccccc1)C(F)[S@](=N)(=O)c1ccccc1. The molecule has 2 aromatic carbocycles. The second-order valence-corrected chi connectivity index (χ2v) is 6.83. The Bertz CT molecular complexity index is 670. The fourth-order valence-corrected chi connectivity index (χ4v) is 3.55. The average Bonchev–Trinajstić information content (AvgIpc) is 2.48. The summed E-state index contributed by atoms with van der Waals surface area (Å²) in [5.41, 5.74) is -3.92. The standard InChI is InChI=1S/C15H16FNO2S/c1-15(18,12-8-4-2-5-9-12)14(16)20(17,19)13-10-6-3-7-11-13/h2-11,14,17-18H,1H3/t14?,15-,20+/m0/s1. The van der Waals surface area contributed by atoms with Gasteiger partial charge in [0, 0.05) is 0 Å². The summed E-state index contributed by atoms with van der Waals surface area (Å²) < 4.78 is 34.9. The van der Waals surface area contributed by atoms with E-state index in [1.807, 2.05) is 0 Å². The molecule has 0 amide bonds. The van der Waals surface area contributed by atoms with Gasteiger partial charge < -0.3 is 5.11 Å². The van der Waals surface area contributed by atoms with Gasteiger partial charge in [-0.25, -0.2) is 13.4 Å². The molecular formula is C15H16FNO2S. The van der Waals surface area contributed by atoms with E-state index in [0.717, 1.165) is 0 Å². The first-order chi connectivity index (χ1) is 9.37. The molecule has 106 valence electrons. The van der Waals surface area contributed by atoms with Crippen LogP contribution in [0.15, 0.2) is 65.6 Å². The van der Waals surface area contributed by atoms with Crippen molar-refractivity contribution in [3.05, 3.63) is 66.2 Å². The highest BCUT2D eigenvalue weighted by atomic mass is 32.2. The Labute approximate surface area is 118 Å². The summed E-state index contributed by atoms with van der Waals surface area (Å²) in [5.74, 6) is 0. The van der Waals surface area contributed by atoms with Gasteiger partial charge in [0.25, 0.3) is 0 Å². The van der Waals surface area contributed by atoms with E-state index in [-0.39, 0.29) is 4.90 Å². The molecule has 0 aliphatic carbocycles. The van der Waals surface area contributed by atoms with Crippen LogP contribution in [0.3, 0.4) is 0 Å². The zero-order chi connectivity index (χ0) is 14.8. The second-order valence-electron chi connectivity index (χ2n) is 4.74. The van der Waals surface area contributed by atoms with Gasteiger partial charge in [0.2, 0.25) is 5.50 Å². The third kappa shape index (κ3) is 2.59. The molecule has 0 saturated heterocycles. The van der Waals surface area contributed by atoms with Crippen molar-refractivity contribution >= 4 is 9.73 Å². The molecule has 0 saturated carbocycles. The molecule has 0 aliphatic heterocycles. The van der Waals surface area contributed by atoms with Crippen molar-refractivity contribution in [2.75, 3.05) is 0 Å². The highest BCUT2D eigenvalue weighted by Crippen LogP contribution is 2.33. The molecule has 2 aromatic rings. The lowest BCUT2D eigenvalue weighted by molar-refractivity contribution is 0.0115. The van der Waals surface area contributed by atoms with E-state index in [1.54, 1.807) is 48.5 Å². The number of nitrogens with one attached hydrogen (secondary N) is 1. The molecule has 5 heteroatoms. The predicted octanol–water partition coefficient (Wildman–Crippen LogP) is 3.30. The fraction of sp³-hybridized carbons (Fsp3) is 0.200. The molecule has 0 spiro atoms. The Hall–Kier alpha value is -1.72. The first-order valence-corrected chi connectivity index (χ1v) is 7.73. The van der Waals surface area contributed by atoms with Crippen LogP contribution in [0.1, 0.15) is 12.5 Å². The van der Waals surface area contributed by atoms with Crippen molar-refractivity contribution in [3.8, 4) is 0 Å². The Morgan fingerprint density at radius 1 is 1.10 bits per heavy atom.